The van der Waals surface area contributed by atoms with Crippen LogP contribution in [0.2, 0.25) is 0 Å². The highest BCUT2D eigenvalue weighted by Gasteiger charge is 2.10. The van der Waals surface area contributed by atoms with Crippen molar-refractivity contribution < 1.29 is 14.3 Å². The molecule has 1 atom stereocenters. The Kier molecular flexibility index (Phi) is 5.85. The summed E-state index contributed by atoms with van der Waals surface area (Å²) in [5.41, 5.74) is 0.971. The van der Waals surface area contributed by atoms with E-state index in [2.05, 4.69) is 34.1 Å². The number of nitrogens with zero attached hydrogens (tertiary/aromatic N) is 3. The van der Waals surface area contributed by atoms with E-state index in [1.165, 1.54) is 19.3 Å². The van der Waals surface area contributed by atoms with Crippen molar-refractivity contribution in [3.8, 4) is 17.5 Å². The van der Waals surface area contributed by atoms with Crippen molar-refractivity contribution in [3.05, 3.63) is 35.6 Å². The van der Waals surface area contributed by atoms with Crippen LogP contribution in [-0.2, 0) is 4.79 Å². The molecule has 7 nitrogen and oxygen atoms in total. The third-order valence-electron chi connectivity index (χ3n) is 3.63. The van der Waals surface area contributed by atoms with E-state index in [0.717, 1.165) is 15.2 Å². The number of thiazole rings is 1. The monoisotopic (exact) mass is 386 g/mol. The summed E-state index contributed by atoms with van der Waals surface area (Å²) in [6, 6.07) is 5.66. The highest BCUT2D eigenvalue weighted by atomic mass is 32.1. The van der Waals surface area contributed by atoms with Gasteiger partial charge in [-0.15, -0.1) is 11.3 Å². The van der Waals surface area contributed by atoms with Crippen LogP contribution in [-0.4, -0.2) is 33.5 Å². The number of amides is 1. The number of benzene rings is 1. The molecule has 27 heavy (non-hydrogen) atoms. The molecule has 1 unspecified atom stereocenters. The van der Waals surface area contributed by atoms with E-state index in [-0.39, 0.29) is 11.9 Å². The summed E-state index contributed by atoms with van der Waals surface area (Å²) in [6.07, 6.45) is 3.01. The van der Waals surface area contributed by atoms with Gasteiger partial charge in [-0.2, -0.15) is 0 Å². The molecule has 1 aromatic carbocycles. The number of hydrogen-bond donors (Lipinski definition) is 1. The van der Waals surface area contributed by atoms with Gasteiger partial charge in [0.05, 0.1) is 33.7 Å². The van der Waals surface area contributed by atoms with Crippen molar-refractivity contribution >= 4 is 27.5 Å². The van der Waals surface area contributed by atoms with E-state index in [9.17, 15) is 4.79 Å². The molecule has 0 aliphatic heterocycles. The van der Waals surface area contributed by atoms with Crippen LogP contribution in [0.1, 0.15) is 38.6 Å². The van der Waals surface area contributed by atoms with E-state index in [1.807, 2.05) is 25.1 Å². The average molecular weight is 386 g/mol. The molecule has 1 amide bonds. The predicted octanol–water partition coefficient (Wildman–Crippen LogP) is 3.91. The van der Waals surface area contributed by atoms with Crippen molar-refractivity contribution in [3.63, 3.8) is 0 Å². The molecule has 0 fully saturated rings. The third-order valence-corrected chi connectivity index (χ3v) is 4.95. The zero-order chi connectivity index (χ0) is 19.4. The van der Waals surface area contributed by atoms with Gasteiger partial charge in [0.15, 0.2) is 0 Å². The van der Waals surface area contributed by atoms with Gasteiger partial charge in [0.25, 0.3) is 0 Å². The van der Waals surface area contributed by atoms with Gasteiger partial charge in [0.2, 0.25) is 17.7 Å². The molecule has 8 heteroatoms. The maximum Gasteiger partial charge on any atom is 0.238 e. The van der Waals surface area contributed by atoms with Crippen molar-refractivity contribution in [2.24, 2.45) is 0 Å². The van der Waals surface area contributed by atoms with Gasteiger partial charge in [-0.25, -0.2) is 15.0 Å². The van der Waals surface area contributed by atoms with Crippen molar-refractivity contribution in [1.29, 1.82) is 0 Å². The Balaban J connectivity index is 1.62. The molecule has 3 rings (SSSR count). The molecule has 0 aliphatic carbocycles. The summed E-state index contributed by atoms with van der Waals surface area (Å²) in [7, 11) is 0. The number of fused-ring (bicyclic) bond motifs is 1. The molecule has 2 heterocycles. The smallest absolute Gasteiger partial charge is 0.238 e. The molecule has 142 valence electrons. The largest absolute Gasteiger partial charge is 0.474 e. The maximum atomic E-state index is 11.0. The Bertz CT molecular complexity index is 924. The third kappa shape index (κ3) is 5.13. The summed E-state index contributed by atoms with van der Waals surface area (Å²) in [4.78, 5) is 24.0. The molecular formula is C19H22N4O3S. The average Bonchev–Trinajstić information content (AvgIpc) is 3.04. The van der Waals surface area contributed by atoms with Crippen LogP contribution in [0.4, 0.5) is 0 Å². The first kappa shape index (κ1) is 19.0. The van der Waals surface area contributed by atoms with E-state index >= 15 is 0 Å². The van der Waals surface area contributed by atoms with Gasteiger partial charge in [-0.3, -0.25) is 4.79 Å². The Labute approximate surface area is 161 Å². The number of nitrogens with one attached hydrogen (secondary N) is 1. The second kappa shape index (κ2) is 8.30. The standard InChI is InChI=1S/C19H22N4O3S/c1-11(2)19-23-15-6-5-14(7-16(15)27-19)26-18-9-20-17(8-21-18)25-10-12(3)22-13(4)24/h5-9,11-12H,10H2,1-4H3,(H,22,24). The van der Waals surface area contributed by atoms with E-state index < -0.39 is 0 Å². The van der Waals surface area contributed by atoms with Crippen LogP contribution < -0.4 is 14.8 Å². The van der Waals surface area contributed by atoms with Gasteiger partial charge < -0.3 is 14.8 Å². The summed E-state index contributed by atoms with van der Waals surface area (Å²) < 4.78 is 12.4. The molecule has 0 saturated carbocycles. The molecule has 2 aromatic heterocycles. The van der Waals surface area contributed by atoms with Gasteiger partial charge in [0, 0.05) is 18.9 Å². The lowest BCUT2D eigenvalue weighted by molar-refractivity contribution is -0.119. The summed E-state index contributed by atoms with van der Waals surface area (Å²) in [6.45, 7) is 7.90. The highest BCUT2D eigenvalue weighted by Crippen LogP contribution is 2.31. The van der Waals surface area contributed by atoms with Crippen molar-refractivity contribution in [2.75, 3.05) is 6.61 Å². The lowest BCUT2D eigenvalue weighted by atomic mass is 10.2. The zero-order valence-electron chi connectivity index (χ0n) is 15.7. The first-order valence-electron chi connectivity index (χ1n) is 8.71. The topological polar surface area (TPSA) is 86.2 Å². The van der Waals surface area contributed by atoms with Crippen molar-refractivity contribution in [2.45, 2.75) is 39.7 Å². The first-order valence-corrected chi connectivity index (χ1v) is 9.52. The van der Waals surface area contributed by atoms with Crippen LogP contribution in [0.5, 0.6) is 17.5 Å². The summed E-state index contributed by atoms with van der Waals surface area (Å²) in [5, 5.41) is 3.85. The van der Waals surface area contributed by atoms with Gasteiger partial charge in [-0.1, -0.05) is 13.8 Å². The normalized spacial score (nSPS) is 12.2. The second-order valence-electron chi connectivity index (χ2n) is 6.54. The SMILES string of the molecule is CC(=O)NC(C)COc1cnc(Oc2ccc3nc(C(C)C)sc3c2)cn1. The number of ether oxygens (including phenoxy) is 2. The molecular weight excluding hydrogens is 364 g/mol. The maximum absolute atomic E-state index is 11.0. The number of rotatable bonds is 7. The molecule has 1 N–H and O–H groups in total. The molecule has 3 aromatic rings. The van der Waals surface area contributed by atoms with Crippen LogP contribution in [0, 0.1) is 0 Å². The zero-order valence-corrected chi connectivity index (χ0v) is 16.5. The molecule has 0 bridgehead atoms. The minimum Gasteiger partial charge on any atom is -0.474 e. The Morgan fingerprint density at radius 2 is 1.93 bits per heavy atom. The molecule has 0 aliphatic rings. The second-order valence-corrected chi connectivity index (χ2v) is 7.61. The highest BCUT2D eigenvalue weighted by molar-refractivity contribution is 7.18. The fourth-order valence-corrected chi connectivity index (χ4v) is 3.38. The summed E-state index contributed by atoms with van der Waals surface area (Å²) in [5.74, 6) is 1.74. The first-order chi connectivity index (χ1) is 12.9. The van der Waals surface area contributed by atoms with Crippen LogP contribution in [0.3, 0.4) is 0 Å². The Morgan fingerprint density at radius 1 is 1.19 bits per heavy atom. The van der Waals surface area contributed by atoms with E-state index in [4.69, 9.17) is 9.47 Å². The fraction of sp³-hybridized carbons (Fsp3) is 0.368. The number of hydrogen-bond acceptors (Lipinski definition) is 7. The number of aromatic nitrogens is 3. The summed E-state index contributed by atoms with van der Waals surface area (Å²) >= 11 is 1.67. The van der Waals surface area contributed by atoms with E-state index in [1.54, 1.807) is 11.3 Å². The van der Waals surface area contributed by atoms with Crippen molar-refractivity contribution in [1.82, 2.24) is 20.3 Å². The molecule has 0 spiro atoms. The predicted molar refractivity (Wildman–Crippen MR) is 105 cm³/mol. The van der Waals surface area contributed by atoms with Crippen LogP contribution in [0.25, 0.3) is 10.2 Å². The lowest BCUT2D eigenvalue weighted by Crippen LogP contribution is -2.35. The quantitative estimate of drug-likeness (QED) is 0.663. The molecule has 0 saturated heterocycles. The lowest BCUT2D eigenvalue weighted by Gasteiger charge is -2.13. The van der Waals surface area contributed by atoms with Gasteiger partial charge in [0.1, 0.15) is 12.4 Å². The Morgan fingerprint density at radius 3 is 2.59 bits per heavy atom. The Hall–Kier alpha value is -2.74. The molecule has 0 radical (unpaired) electrons. The van der Waals surface area contributed by atoms with Gasteiger partial charge >= 0.3 is 0 Å². The van der Waals surface area contributed by atoms with E-state index in [0.29, 0.717) is 30.0 Å². The number of carbonyl (C=O) groups excluding carboxylic acids is 1. The fourth-order valence-electron chi connectivity index (χ4n) is 2.38. The van der Waals surface area contributed by atoms with Gasteiger partial charge in [-0.05, 0) is 19.1 Å². The van der Waals surface area contributed by atoms with Crippen LogP contribution in [0.15, 0.2) is 30.6 Å². The minimum absolute atomic E-state index is 0.0978. The number of carbonyl (C=O) groups is 1. The van der Waals surface area contributed by atoms with Crippen LogP contribution >= 0.6 is 11.3 Å². The minimum atomic E-state index is -0.109.